The number of nitriles is 1. The molecule has 0 bridgehead atoms. The van der Waals surface area contributed by atoms with Crippen LogP contribution in [0, 0.1) is 11.3 Å². The van der Waals surface area contributed by atoms with Gasteiger partial charge in [-0.15, -0.1) is 0 Å². The minimum atomic E-state index is -4.72. The van der Waals surface area contributed by atoms with Crippen LogP contribution in [0.5, 0.6) is 0 Å². The van der Waals surface area contributed by atoms with Crippen LogP contribution < -0.4 is 0 Å². The summed E-state index contributed by atoms with van der Waals surface area (Å²) in [7, 11) is 0. The van der Waals surface area contributed by atoms with Crippen molar-refractivity contribution < 1.29 is 13.2 Å². The molecule has 0 aliphatic heterocycles. The Bertz CT molecular complexity index is 4190. The molecule has 0 radical (unpaired) electrons. The summed E-state index contributed by atoms with van der Waals surface area (Å²) in [6, 6.07) is 73.7. The number of hydrogen-bond donors (Lipinski definition) is 0. The molecule has 4 aromatic heterocycles. The van der Waals surface area contributed by atoms with E-state index in [-0.39, 0.29) is 0 Å². The van der Waals surface area contributed by atoms with Crippen LogP contribution in [-0.4, -0.2) is 18.3 Å². The van der Waals surface area contributed by atoms with Crippen molar-refractivity contribution >= 4 is 87.2 Å². The lowest BCUT2D eigenvalue weighted by Crippen LogP contribution is -2.11. The summed E-state index contributed by atoms with van der Waals surface area (Å²) in [6.45, 7) is 0. The fraction of sp³-hybridized carbons (Fsp3) is 0.0161. The van der Waals surface area contributed by atoms with Crippen molar-refractivity contribution in [2.45, 2.75) is 6.18 Å². The van der Waals surface area contributed by atoms with Crippen LogP contribution in [0.2, 0.25) is 0 Å². The zero-order valence-electron chi connectivity index (χ0n) is 37.2. The van der Waals surface area contributed by atoms with Crippen molar-refractivity contribution in [1.82, 2.24) is 18.3 Å². The average molecular weight is 908 g/mol. The Morgan fingerprint density at radius 3 is 1.04 bits per heavy atom. The first-order chi connectivity index (χ1) is 34.3. The number of benzene rings is 10. The third-order valence-electron chi connectivity index (χ3n) is 14.2. The summed E-state index contributed by atoms with van der Waals surface area (Å²) in [5.74, 6) is 0. The molecule has 0 atom stereocenters. The maximum atomic E-state index is 15.8. The standard InChI is InChI=1S/C62H36F3N5/c63-62(64,65)40-33-59(69-55-26-11-5-20-47(55)49-35-41(28-30-57(49)69)67-51-22-7-1-16-43(51)44-17-2-8-23-52(44)67)61(39-15-13-14-38(32-39)37-66)60(34-40)70-56-27-12-6-21-48(56)50-36-42(29-31-58(50)70)68-53-24-9-3-18-45(53)46-19-4-10-25-54(46)68/h1-36H. The van der Waals surface area contributed by atoms with E-state index in [4.69, 9.17) is 0 Å². The molecule has 14 rings (SSSR count). The minimum absolute atomic E-state index is 0.337. The highest BCUT2D eigenvalue weighted by Gasteiger charge is 2.34. The van der Waals surface area contributed by atoms with Gasteiger partial charge in [-0.3, -0.25) is 0 Å². The topological polar surface area (TPSA) is 43.5 Å². The van der Waals surface area contributed by atoms with Crippen LogP contribution in [0.3, 0.4) is 0 Å². The molecule has 0 N–H and O–H groups in total. The minimum Gasteiger partial charge on any atom is -0.309 e. The molecule has 10 aromatic carbocycles. The van der Waals surface area contributed by atoms with Gasteiger partial charge >= 0.3 is 6.18 Å². The zero-order valence-corrected chi connectivity index (χ0v) is 37.2. The van der Waals surface area contributed by atoms with Crippen molar-refractivity contribution in [1.29, 1.82) is 5.26 Å². The van der Waals surface area contributed by atoms with Gasteiger partial charge in [-0.2, -0.15) is 18.4 Å². The summed E-state index contributed by atoms with van der Waals surface area (Å²) in [5, 5.41) is 18.4. The van der Waals surface area contributed by atoms with Gasteiger partial charge in [-0.05, 0) is 103 Å². The van der Waals surface area contributed by atoms with Gasteiger partial charge < -0.3 is 18.3 Å². The van der Waals surface area contributed by atoms with E-state index in [0.29, 0.717) is 28.1 Å². The molecule has 0 aliphatic carbocycles. The third kappa shape index (κ3) is 5.72. The normalized spacial score (nSPS) is 12.2. The second-order valence-corrected chi connectivity index (χ2v) is 17.9. The van der Waals surface area contributed by atoms with Crippen LogP contribution in [-0.2, 0) is 6.18 Å². The quantitative estimate of drug-likeness (QED) is 0.170. The first-order valence-corrected chi connectivity index (χ1v) is 23.1. The van der Waals surface area contributed by atoms with E-state index >= 15 is 13.2 Å². The van der Waals surface area contributed by atoms with E-state index < -0.39 is 11.7 Å². The second-order valence-electron chi connectivity index (χ2n) is 17.9. The van der Waals surface area contributed by atoms with Gasteiger partial charge in [0.05, 0.1) is 72.7 Å². The highest BCUT2D eigenvalue weighted by atomic mass is 19.4. The lowest BCUT2D eigenvalue weighted by atomic mass is 9.96. The summed E-state index contributed by atoms with van der Waals surface area (Å²) < 4.78 is 55.9. The number of rotatable bonds is 5. The van der Waals surface area contributed by atoms with Crippen LogP contribution in [0.1, 0.15) is 11.1 Å². The van der Waals surface area contributed by atoms with Crippen LogP contribution in [0.25, 0.3) is 121 Å². The number of alkyl halides is 3. The van der Waals surface area contributed by atoms with Crippen molar-refractivity contribution in [3.8, 4) is 39.9 Å². The monoisotopic (exact) mass is 907 g/mol. The maximum Gasteiger partial charge on any atom is 0.416 e. The van der Waals surface area contributed by atoms with Gasteiger partial charge in [-0.25, -0.2) is 0 Å². The fourth-order valence-electron chi connectivity index (χ4n) is 11.3. The molecule has 5 nitrogen and oxygen atoms in total. The summed E-state index contributed by atoms with van der Waals surface area (Å²) in [5.41, 5.74) is 10.5. The third-order valence-corrected chi connectivity index (χ3v) is 14.2. The lowest BCUT2D eigenvalue weighted by molar-refractivity contribution is -0.137. The maximum absolute atomic E-state index is 15.8. The largest absolute Gasteiger partial charge is 0.416 e. The molecular weight excluding hydrogens is 872 g/mol. The highest BCUT2D eigenvalue weighted by Crippen LogP contribution is 2.46. The van der Waals surface area contributed by atoms with E-state index in [1.54, 1.807) is 18.2 Å². The molecular formula is C62H36F3N5. The smallest absolute Gasteiger partial charge is 0.309 e. The predicted molar refractivity (Wildman–Crippen MR) is 279 cm³/mol. The number of aromatic nitrogens is 4. The zero-order chi connectivity index (χ0) is 46.8. The first kappa shape index (κ1) is 39.8. The summed E-state index contributed by atoms with van der Waals surface area (Å²) >= 11 is 0. The Labute approximate surface area is 397 Å². The predicted octanol–water partition coefficient (Wildman–Crippen LogP) is 16.6. The van der Waals surface area contributed by atoms with Gasteiger partial charge in [-0.1, -0.05) is 121 Å². The molecule has 4 heterocycles. The van der Waals surface area contributed by atoms with E-state index in [1.807, 2.05) is 124 Å². The van der Waals surface area contributed by atoms with Gasteiger partial charge in [0.2, 0.25) is 0 Å². The van der Waals surface area contributed by atoms with Gasteiger partial charge in [0.1, 0.15) is 0 Å². The molecule has 8 heteroatoms. The Morgan fingerprint density at radius 1 is 0.329 bits per heavy atom. The van der Waals surface area contributed by atoms with Crippen LogP contribution >= 0.6 is 0 Å². The molecule has 330 valence electrons. The number of nitrogens with zero attached hydrogens (tertiary/aromatic N) is 5. The summed E-state index contributed by atoms with van der Waals surface area (Å²) in [4.78, 5) is 0. The van der Waals surface area contributed by atoms with Gasteiger partial charge in [0.15, 0.2) is 0 Å². The SMILES string of the molecule is N#Cc1cccc(-c2c(-n3c4ccccc4c4cc(-n5c6ccccc6c6ccccc65)ccc43)cc(C(F)(F)F)cc2-n2c3ccccc3c3cc(-n4c5ccccc5c5ccccc54)ccc32)c1. The Kier molecular flexibility index (Phi) is 8.44. The number of para-hydroxylation sites is 6. The van der Waals surface area contributed by atoms with Gasteiger partial charge in [0, 0.05) is 60.0 Å². The van der Waals surface area contributed by atoms with Gasteiger partial charge in [0.25, 0.3) is 0 Å². The van der Waals surface area contributed by atoms with E-state index in [9.17, 15) is 5.26 Å². The Hall–Kier alpha value is -9.32. The van der Waals surface area contributed by atoms with Crippen LogP contribution in [0.15, 0.2) is 218 Å². The fourth-order valence-corrected chi connectivity index (χ4v) is 11.3. The molecule has 0 spiro atoms. The van der Waals surface area contributed by atoms with Crippen molar-refractivity contribution in [2.75, 3.05) is 0 Å². The van der Waals surface area contributed by atoms with Crippen LogP contribution in [0.4, 0.5) is 13.2 Å². The summed E-state index contributed by atoms with van der Waals surface area (Å²) in [6.07, 6.45) is -4.72. The number of hydrogen-bond acceptors (Lipinski definition) is 1. The molecule has 0 amide bonds. The number of halogens is 3. The van der Waals surface area contributed by atoms with Crippen molar-refractivity contribution in [2.24, 2.45) is 0 Å². The van der Waals surface area contributed by atoms with E-state index in [0.717, 1.165) is 98.6 Å². The van der Waals surface area contributed by atoms with E-state index in [2.05, 4.69) is 88.0 Å². The van der Waals surface area contributed by atoms with Crippen molar-refractivity contribution in [3.05, 3.63) is 230 Å². The first-order valence-electron chi connectivity index (χ1n) is 23.1. The second kappa shape index (κ2) is 14.8. The van der Waals surface area contributed by atoms with Crippen molar-refractivity contribution in [3.63, 3.8) is 0 Å². The lowest BCUT2D eigenvalue weighted by Gasteiger charge is -2.23. The Morgan fingerprint density at radius 2 is 0.671 bits per heavy atom. The molecule has 0 aliphatic rings. The molecule has 0 unspecified atom stereocenters. The molecule has 0 fully saturated rings. The molecule has 0 saturated heterocycles. The molecule has 70 heavy (non-hydrogen) atoms. The highest BCUT2D eigenvalue weighted by molar-refractivity contribution is 6.15. The average Bonchev–Trinajstić information content (AvgIpc) is 4.13. The number of fused-ring (bicyclic) bond motifs is 12. The molecule has 0 saturated carbocycles. The van der Waals surface area contributed by atoms with E-state index in [1.165, 1.54) is 12.1 Å². The molecule has 14 aromatic rings. The Balaban J connectivity index is 1.08.